The fourth-order valence-corrected chi connectivity index (χ4v) is 1.91. The molecule has 0 aliphatic heterocycles. The number of H-pyrrole nitrogens is 1. The highest BCUT2D eigenvalue weighted by Gasteiger charge is 2.20. The van der Waals surface area contributed by atoms with Crippen LogP contribution in [0.15, 0.2) is 16.9 Å². The van der Waals surface area contributed by atoms with Crippen LogP contribution in [0.4, 0.5) is 4.39 Å². The van der Waals surface area contributed by atoms with E-state index in [-0.39, 0.29) is 34.2 Å². The van der Waals surface area contributed by atoms with Crippen molar-refractivity contribution in [2.45, 2.75) is 26.2 Å². The molecular formula is C15H19FN2O3. The Labute approximate surface area is 122 Å². The number of hydrogen-bond acceptors (Lipinski definition) is 4. The second kappa shape index (κ2) is 5.81. The first-order valence-electron chi connectivity index (χ1n) is 6.68. The van der Waals surface area contributed by atoms with E-state index < -0.39 is 5.82 Å². The van der Waals surface area contributed by atoms with Gasteiger partial charge in [-0.3, -0.25) is 4.79 Å². The van der Waals surface area contributed by atoms with Crippen molar-refractivity contribution < 1.29 is 13.9 Å². The van der Waals surface area contributed by atoms with Crippen LogP contribution in [0, 0.1) is 5.82 Å². The van der Waals surface area contributed by atoms with Gasteiger partial charge in [0.05, 0.1) is 12.1 Å². The number of aromatic nitrogens is 2. The lowest BCUT2D eigenvalue weighted by Crippen LogP contribution is -2.22. The molecule has 1 heterocycles. The summed E-state index contributed by atoms with van der Waals surface area (Å²) < 4.78 is 24.0. The van der Waals surface area contributed by atoms with Crippen LogP contribution < -0.4 is 10.3 Å². The number of rotatable bonds is 4. The summed E-state index contributed by atoms with van der Waals surface area (Å²) in [4.78, 5) is 19.4. The van der Waals surface area contributed by atoms with Gasteiger partial charge in [-0.05, 0) is 0 Å². The van der Waals surface area contributed by atoms with E-state index in [1.807, 2.05) is 20.8 Å². The molecule has 1 N–H and O–H groups in total. The van der Waals surface area contributed by atoms with Gasteiger partial charge in [0.1, 0.15) is 29.4 Å². The Kier molecular flexibility index (Phi) is 4.27. The van der Waals surface area contributed by atoms with Gasteiger partial charge in [0.2, 0.25) is 0 Å². The van der Waals surface area contributed by atoms with E-state index in [0.29, 0.717) is 12.4 Å². The standard InChI is InChI=1S/C15H19FN2O3/c1-15(2,3)14-17-10-7-9(16)8-11(21-6-5-20-4)12(10)13(19)18-14/h7-8H,5-6H2,1-4H3,(H,17,18,19). The number of nitrogens with zero attached hydrogens (tertiary/aromatic N) is 1. The lowest BCUT2D eigenvalue weighted by Gasteiger charge is -2.18. The maximum atomic E-state index is 13.7. The zero-order valence-electron chi connectivity index (χ0n) is 12.6. The quantitative estimate of drug-likeness (QED) is 0.879. The maximum Gasteiger partial charge on any atom is 0.262 e. The first-order chi connectivity index (χ1) is 9.82. The predicted molar refractivity (Wildman–Crippen MR) is 78.4 cm³/mol. The van der Waals surface area contributed by atoms with Crippen molar-refractivity contribution in [1.82, 2.24) is 9.97 Å². The van der Waals surface area contributed by atoms with Crippen LogP contribution in [0.5, 0.6) is 5.75 Å². The van der Waals surface area contributed by atoms with Crippen LogP contribution in [0.1, 0.15) is 26.6 Å². The van der Waals surface area contributed by atoms with Gasteiger partial charge in [0, 0.05) is 24.7 Å². The topological polar surface area (TPSA) is 64.2 Å². The van der Waals surface area contributed by atoms with Gasteiger partial charge in [-0.2, -0.15) is 0 Å². The smallest absolute Gasteiger partial charge is 0.262 e. The van der Waals surface area contributed by atoms with Crippen molar-refractivity contribution in [2.75, 3.05) is 20.3 Å². The molecule has 0 radical (unpaired) electrons. The third-order valence-corrected chi connectivity index (χ3v) is 2.99. The van der Waals surface area contributed by atoms with E-state index >= 15 is 0 Å². The minimum Gasteiger partial charge on any atom is -0.490 e. The van der Waals surface area contributed by atoms with E-state index in [1.165, 1.54) is 19.2 Å². The number of benzene rings is 1. The zero-order valence-corrected chi connectivity index (χ0v) is 12.6. The van der Waals surface area contributed by atoms with E-state index in [1.54, 1.807) is 0 Å². The molecule has 5 nitrogen and oxygen atoms in total. The normalized spacial score (nSPS) is 11.9. The molecule has 0 spiro atoms. The van der Waals surface area contributed by atoms with Gasteiger partial charge in [-0.25, -0.2) is 9.37 Å². The van der Waals surface area contributed by atoms with Gasteiger partial charge < -0.3 is 14.5 Å². The van der Waals surface area contributed by atoms with Gasteiger partial charge in [-0.1, -0.05) is 20.8 Å². The minimum absolute atomic E-state index is 0.177. The van der Waals surface area contributed by atoms with Gasteiger partial charge in [0.25, 0.3) is 5.56 Å². The van der Waals surface area contributed by atoms with E-state index in [2.05, 4.69) is 9.97 Å². The molecule has 0 unspecified atom stereocenters. The van der Waals surface area contributed by atoms with Gasteiger partial charge >= 0.3 is 0 Å². The molecule has 0 fully saturated rings. The Balaban J connectivity index is 2.59. The summed E-state index contributed by atoms with van der Waals surface area (Å²) in [6, 6.07) is 2.43. The van der Waals surface area contributed by atoms with Gasteiger partial charge in [-0.15, -0.1) is 0 Å². The molecular weight excluding hydrogens is 275 g/mol. The van der Waals surface area contributed by atoms with Crippen molar-refractivity contribution in [3.8, 4) is 5.75 Å². The summed E-state index contributed by atoms with van der Waals surface area (Å²) in [5, 5.41) is 0.250. The molecule has 0 amide bonds. The summed E-state index contributed by atoms with van der Waals surface area (Å²) in [7, 11) is 1.54. The minimum atomic E-state index is -0.493. The number of aromatic amines is 1. The van der Waals surface area contributed by atoms with Crippen molar-refractivity contribution >= 4 is 10.9 Å². The Morgan fingerprint density at radius 2 is 2.00 bits per heavy atom. The van der Waals surface area contributed by atoms with Crippen LogP contribution in [0.3, 0.4) is 0 Å². The molecule has 0 saturated heterocycles. The van der Waals surface area contributed by atoms with Gasteiger partial charge in [0.15, 0.2) is 0 Å². The summed E-state index contributed by atoms with van der Waals surface area (Å²) >= 11 is 0. The fraction of sp³-hybridized carbons (Fsp3) is 0.467. The molecule has 21 heavy (non-hydrogen) atoms. The number of halogens is 1. The zero-order chi connectivity index (χ0) is 15.6. The summed E-state index contributed by atoms with van der Waals surface area (Å²) in [5.74, 6) is 0.192. The van der Waals surface area contributed by atoms with Crippen molar-refractivity contribution in [3.63, 3.8) is 0 Å². The molecule has 6 heteroatoms. The first-order valence-corrected chi connectivity index (χ1v) is 6.68. The second-order valence-corrected chi connectivity index (χ2v) is 5.80. The number of nitrogens with one attached hydrogen (secondary N) is 1. The fourth-order valence-electron chi connectivity index (χ4n) is 1.91. The highest BCUT2D eigenvalue weighted by Crippen LogP contribution is 2.25. The molecule has 0 bridgehead atoms. The predicted octanol–water partition coefficient (Wildman–Crippen LogP) is 2.38. The van der Waals surface area contributed by atoms with E-state index in [9.17, 15) is 9.18 Å². The highest BCUT2D eigenvalue weighted by atomic mass is 19.1. The summed E-state index contributed by atoms with van der Waals surface area (Å²) in [6.07, 6.45) is 0. The van der Waals surface area contributed by atoms with E-state index in [4.69, 9.17) is 9.47 Å². The maximum absolute atomic E-state index is 13.7. The Morgan fingerprint density at radius 1 is 1.29 bits per heavy atom. The lowest BCUT2D eigenvalue weighted by atomic mass is 9.95. The summed E-state index contributed by atoms with van der Waals surface area (Å²) in [6.45, 7) is 6.35. The summed E-state index contributed by atoms with van der Waals surface area (Å²) in [5.41, 5.74) is -0.384. The van der Waals surface area contributed by atoms with Crippen LogP contribution in [0.25, 0.3) is 10.9 Å². The number of methoxy groups -OCH3 is 1. The molecule has 0 atom stereocenters. The molecule has 2 aromatic rings. The monoisotopic (exact) mass is 294 g/mol. The van der Waals surface area contributed by atoms with Crippen molar-refractivity contribution in [3.05, 3.63) is 34.1 Å². The highest BCUT2D eigenvalue weighted by molar-refractivity contribution is 5.84. The average molecular weight is 294 g/mol. The molecule has 1 aromatic carbocycles. The Hall–Kier alpha value is -1.95. The third kappa shape index (κ3) is 3.39. The largest absolute Gasteiger partial charge is 0.490 e. The Bertz CT molecular complexity index is 704. The first kappa shape index (κ1) is 15.4. The van der Waals surface area contributed by atoms with Crippen LogP contribution in [0.2, 0.25) is 0 Å². The second-order valence-electron chi connectivity index (χ2n) is 5.80. The number of ether oxygens (including phenoxy) is 2. The van der Waals surface area contributed by atoms with E-state index in [0.717, 1.165) is 0 Å². The molecule has 2 rings (SSSR count). The Morgan fingerprint density at radius 3 is 2.62 bits per heavy atom. The third-order valence-electron chi connectivity index (χ3n) is 2.99. The SMILES string of the molecule is COCCOc1cc(F)cc2nc(C(C)(C)C)[nH]c(=O)c12. The average Bonchev–Trinajstić information content (AvgIpc) is 2.36. The molecule has 0 saturated carbocycles. The van der Waals surface area contributed by atoms with Crippen molar-refractivity contribution in [2.24, 2.45) is 0 Å². The molecule has 0 aliphatic rings. The molecule has 1 aromatic heterocycles. The molecule has 0 aliphatic carbocycles. The number of fused-ring (bicyclic) bond motifs is 1. The van der Waals surface area contributed by atoms with Crippen LogP contribution >= 0.6 is 0 Å². The van der Waals surface area contributed by atoms with Crippen LogP contribution in [-0.4, -0.2) is 30.3 Å². The van der Waals surface area contributed by atoms with Crippen LogP contribution in [-0.2, 0) is 10.2 Å². The molecule has 114 valence electrons. The number of hydrogen-bond donors (Lipinski definition) is 1. The van der Waals surface area contributed by atoms with Crippen molar-refractivity contribution in [1.29, 1.82) is 0 Å². The lowest BCUT2D eigenvalue weighted by molar-refractivity contribution is 0.147.